The highest BCUT2D eigenvalue weighted by atomic mass is 32.1. The van der Waals surface area contributed by atoms with Crippen molar-refractivity contribution in [2.45, 2.75) is 33.9 Å². The number of pyridine rings is 1. The SMILES string of the molecule is CCOC(=O)CN(Cc1ccc(OC)cc1OC)Cc1c(-c2cccs2)noc1C(=O)OCC.CCOC(=O)c1ncc2c(-c3cccs3)noc2c1O. The Balaban J connectivity index is 0.000000237. The molecule has 0 radical (unpaired) electrons. The van der Waals surface area contributed by atoms with Gasteiger partial charge in [0.1, 0.15) is 22.9 Å². The predicted octanol–water partition coefficient (Wildman–Crippen LogP) is 7.00. The molecule has 0 amide bonds. The molecule has 54 heavy (non-hydrogen) atoms. The van der Waals surface area contributed by atoms with Crippen molar-refractivity contribution in [2.24, 2.45) is 0 Å². The van der Waals surface area contributed by atoms with Gasteiger partial charge in [0, 0.05) is 36.5 Å². The molecule has 17 heteroatoms. The lowest BCUT2D eigenvalue weighted by Crippen LogP contribution is -2.31. The number of aromatic hydroxyl groups is 1. The van der Waals surface area contributed by atoms with Crippen LogP contribution in [-0.4, -0.2) is 83.8 Å². The second kappa shape index (κ2) is 18.8. The van der Waals surface area contributed by atoms with Crippen LogP contribution >= 0.6 is 22.7 Å². The van der Waals surface area contributed by atoms with Crippen molar-refractivity contribution >= 4 is 51.6 Å². The van der Waals surface area contributed by atoms with Crippen molar-refractivity contribution in [2.75, 3.05) is 40.6 Å². The van der Waals surface area contributed by atoms with Crippen molar-refractivity contribution < 1.29 is 52.2 Å². The van der Waals surface area contributed by atoms with Crippen LogP contribution in [0.1, 0.15) is 52.9 Å². The van der Waals surface area contributed by atoms with Gasteiger partial charge in [-0.3, -0.25) is 9.69 Å². The molecule has 0 saturated heterocycles. The Hall–Kier alpha value is -5.78. The van der Waals surface area contributed by atoms with Gasteiger partial charge < -0.3 is 37.8 Å². The Labute approximate surface area is 317 Å². The van der Waals surface area contributed by atoms with E-state index in [0.29, 0.717) is 40.4 Å². The summed E-state index contributed by atoms with van der Waals surface area (Å²) in [5.41, 5.74) is 2.46. The average molecular weight is 779 g/mol. The van der Waals surface area contributed by atoms with Crippen LogP contribution in [0.25, 0.3) is 32.1 Å². The van der Waals surface area contributed by atoms with Gasteiger partial charge >= 0.3 is 17.9 Å². The second-order valence-corrected chi connectivity index (χ2v) is 13.0. The third-order valence-electron chi connectivity index (χ3n) is 7.64. The van der Waals surface area contributed by atoms with Crippen molar-refractivity contribution in [1.29, 1.82) is 0 Å². The topological polar surface area (TPSA) is 186 Å². The molecule has 5 heterocycles. The molecule has 0 aliphatic rings. The lowest BCUT2D eigenvalue weighted by Gasteiger charge is -2.23. The van der Waals surface area contributed by atoms with Crippen molar-refractivity contribution in [3.63, 3.8) is 0 Å². The van der Waals surface area contributed by atoms with Gasteiger partial charge in [-0.25, -0.2) is 14.6 Å². The van der Waals surface area contributed by atoms with Crippen LogP contribution in [0.4, 0.5) is 0 Å². The maximum absolute atomic E-state index is 12.6. The van der Waals surface area contributed by atoms with Gasteiger partial charge in [-0.05, 0) is 49.7 Å². The van der Waals surface area contributed by atoms with E-state index in [1.165, 1.54) is 28.9 Å². The number of carbonyl (C=O) groups is 3. The van der Waals surface area contributed by atoms with Crippen molar-refractivity contribution in [3.8, 4) is 38.4 Å². The van der Waals surface area contributed by atoms with E-state index in [1.807, 2.05) is 52.1 Å². The number of esters is 3. The molecule has 0 unspecified atom stereocenters. The van der Waals surface area contributed by atoms with Crippen LogP contribution in [0.5, 0.6) is 17.2 Å². The molecule has 0 spiro atoms. The fourth-order valence-electron chi connectivity index (χ4n) is 5.25. The standard InChI is InChI=1S/C24H28N2O7S.C13H10N2O4S/c1-5-31-21(27)15-26(13-16-9-10-17(29-3)12-19(16)30-4)14-18-22(20-8-7-11-34-20)25-33-23(18)24(28)32-6-2;1-2-18-13(17)10-11(16)12-7(6-14-10)9(15-19-12)8-4-3-5-20-8/h7-12H,5-6,13-15H2,1-4H3;3-6,16H,2H2,1H3. The van der Waals surface area contributed by atoms with Gasteiger partial charge in [0.2, 0.25) is 11.3 Å². The average Bonchev–Trinajstić information content (AvgIpc) is 4.00. The lowest BCUT2D eigenvalue weighted by atomic mass is 10.1. The summed E-state index contributed by atoms with van der Waals surface area (Å²) < 4.78 is 36.5. The number of fused-ring (bicyclic) bond motifs is 1. The summed E-state index contributed by atoms with van der Waals surface area (Å²) in [4.78, 5) is 44.2. The third kappa shape index (κ3) is 9.22. The van der Waals surface area contributed by atoms with E-state index in [-0.39, 0.29) is 61.7 Å². The first-order chi connectivity index (χ1) is 26.2. The summed E-state index contributed by atoms with van der Waals surface area (Å²) in [5.74, 6) is -0.755. The minimum absolute atomic E-state index is 0.0135. The Morgan fingerprint density at radius 3 is 2.11 bits per heavy atom. The molecular weight excluding hydrogens is 741 g/mol. The van der Waals surface area contributed by atoms with Gasteiger partial charge in [0.15, 0.2) is 11.4 Å². The van der Waals surface area contributed by atoms with Crippen molar-refractivity contribution in [1.82, 2.24) is 20.2 Å². The van der Waals surface area contributed by atoms with Crippen LogP contribution in [-0.2, 0) is 32.1 Å². The third-order valence-corrected chi connectivity index (χ3v) is 9.40. The van der Waals surface area contributed by atoms with Crippen LogP contribution in [0, 0.1) is 0 Å². The largest absolute Gasteiger partial charge is 0.502 e. The quantitative estimate of drug-likeness (QED) is 0.0829. The Bertz CT molecular complexity index is 2160. The lowest BCUT2D eigenvalue weighted by molar-refractivity contribution is -0.144. The fourth-order valence-corrected chi connectivity index (χ4v) is 6.70. The number of aromatic nitrogens is 3. The summed E-state index contributed by atoms with van der Waals surface area (Å²) >= 11 is 2.97. The number of methoxy groups -OCH3 is 2. The number of rotatable bonds is 15. The second-order valence-electron chi connectivity index (χ2n) is 11.1. The van der Waals surface area contributed by atoms with Gasteiger partial charge in [-0.2, -0.15) is 0 Å². The molecule has 0 aliphatic heterocycles. The highest BCUT2D eigenvalue weighted by Gasteiger charge is 2.28. The highest BCUT2D eigenvalue weighted by Crippen LogP contribution is 2.36. The van der Waals surface area contributed by atoms with E-state index in [4.69, 9.17) is 32.7 Å². The first-order valence-electron chi connectivity index (χ1n) is 16.7. The van der Waals surface area contributed by atoms with Gasteiger partial charge in [0.25, 0.3) is 0 Å². The van der Waals surface area contributed by atoms with E-state index >= 15 is 0 Å². The smallest absolute Gasteiger partial charge is 0.377 e. The zero-order valence-corrected chi connectivity index (χ0v) is 31.8. The molecular formula is C37H38N4O11S2. The van der Waals surface area contributed by atoms with E-state index in [9.17, 15) is 19.5 Å². The number of benzene rings is 1. The molecule has 0 saturated carbocycles. The molecule has 6 aromatic rings. The molecule has 1 aromatic carbocycles. The summed E-state index contributed by atoms with van der Waals surface area (Å²) in [7, 11) is 3.15. The first kappa shape index (κ1) is 39.4. The number of hydrogen-bond donors (Lipinski definition) is 1. The Morgan fingerprint density at radius 2 is 1.48 bits per heavy atom. The summed E-state index contributed by atoms with van der Waals surface area (Å²) in [6.45, 7) is 6.33. The first-order valence-corrected chi connectivity index (χ1v) is 18.4. The van der Waals surface area contributed by atoms with Gasteiger partial charge in [-0.1, -0.05) is 28.5 Å². The number of hydrogen-bond acceptors (Lipinski definition) is 17. The molecule has 0 fully saturated rings. The maximum atomic E-state index is 12.6. The Kier molecular flexibility index (Phi) is 13.7. The molecule has 284 valence electrons. The molecule has 15 nitrogen and oxygen atoms in total. The molecule has 0 atom stereocenters. The van der Waals surface area contributed by atoms with E-state index < -0.39 is 11.9 Å². The van der Waals surface area contributed by atoms with Gasteiger partial charge in [-0.15, -0.1) is 22.7 Å². The molecule has 0 bridgehead atoms. The fraction of sp³-hybridized carbons (Fsp3) is 0.297. The number of nitrogens with zero attached hydrogens (tertiary/aromatic N) is 4. The molecule has 6 rings (SSSR count). The van der Waals surface area contributed by atoms with Crippen LogP contribution < -0.4 is 9.47 Å². The van der Waals surface area contributed by atoms with Crippen LogP contribution in [0.2, 0.25) is 0 Å². The summed E-state index contributed by atoms with van der Waals surface area (Å²) in [5, 5.41) is 22.5. The van der Waals surface area contributed by atoms with E-state index in [1.54, 1.807) is 41.1 Å². The van der Waals surface area contributed by atoms with Crippen molar-refractivity contribution in [3.05, 3.63) is 82.0 Å². The number of thiophene rings is 2. The molecule has 1 N–H and O–H groups in total. The monoisotopic (exact) mass is 778 g/mol. The summed E-state index contributed by atoms with van der Waals surface area (Å²) in [6, 6.07) is 13.0. The van der Waals surface area contributed by atoms with Crippen LogP contribution in [0.15, 0.2) is 68.5 Å². The van der Waals surface area contributed by atoms with Gasteiger partial charge in [0.05, 0.1) is 55.7 Å². The molecule has 5 aromatic heterocycles. The normalized spacial score (nSPS) is 10.9. The number of ether oxygens (including phenoxy) is 5. The maximum Gasteiger partial charge on any atom is 0.377 e. The van der Waals surface area contributed by atoms with E-state index in [0.717, 1.165) is 15.3 Å². The van der Waals surface area contributed by atoms with Crippen LogP contribution in [0.3, 0.4) is 0 Å². The minimum atomic E-state index is -0.694. The highest BCUT2D eigenvalue weighted by molar-refractivity contribution is 7.13. The Morgan fingerprint density at radius 1 is 0.815 bits per heavy atom. The van der Waals surface area contributed by atoms with E-state index in [2.05, 4.69) is 15.3 Å². The zero-order valence-electron chi connectivity index (χ0n) is 30.2. The molecule has 0 aliphatic carbocycles. The zero-order chi connectivity index (χ0) is 38.6. The summed E-state index contributed by atoms with van der Waals surface area (Å²) in [6.07, 6.45) is 1.45. The predicted molar refractivity (Wildman–Crippen MR) is 199 cm³/mol. The number of carbonyl (C=O) groups excluding carboxylic acids is 3. The minimum Gasteiger partial charge on any atom is -0.502 e.